The van der Waals surface area contributed by atoms with Crippen molar-refractivity contribution in [2.75, 3.05) is 11.1 Å². The molecular formula is C26H20FN3O3S. The quantitative estimate of drug-likeness (QED) is 0.484. The van der Waals surface area contributed by atoms with Gasteiger partial charge in [-0.15, -0.1) is 0 Å². The van der Waals surface area contributed by atoms with Gasteiger partial charge in [-0.25, -0.2) is 4.39 Å². The van der Waals surface area contributed by atoms with E-state index >= 15 is 0 Å². The third kappa shape index (κ3) is 5.82. The third-order valence-corrected chi connectivity index (χ3v) is 6.11. The van der Waals surface area contributed by atoms with E-state index in [2.05, 4.69) is 16.7 Å². The van der Waals surface area contributed by atoms with Gasteiger partial charge in [-0.2, -0.15) is 5.26 Å². The smallest absolute Gasteiger partial charge is 0.234 e. The average Bonchev–Trinajstić information content (AvgIpc) is 2.85. The maximum absolute atomic E-state index is 13.3. The van der Waals surface area contributed by atoms with E-state index in [-0.39, 0.29) is 24.0 Å². The van der Waals surface area contributed by atoms with Crippen molar-refractivity contribution in [2.45, 2.75) is 12.3 Å². The summed E-state index contributed by atoms with van der Waals surface area (Å²) in [6.45, 7) is 0. The Morgan fingerprint density at radius 2 is 1.74 bits per heavy atom. The molecule has 0 radical (unpaired) electrons. The number of hydrogen-bond acceptors (Lipinski definition) is 5. The normalized spacial score (nSPS) is 15.3. The Balaban J connectivity index is 1.38. The van der Waals surface area contributed by atoms with Crippen molar-refractivity contribution < 1.29 is 18.7 Å². The summed E-state index contributed by atoms with van der Waals surface area (Å²) in [6, 6.07) is 24.2. The van der Waals surface area contributed by atoms with Crippen LogP contribution in [0, 0.1) is 17.1 Å². The van der Waals surface area contributed by atoms with Crippen LogP contribution in [-0.4, -0.2) is 17.6 Å². The SMILES string of the molecule is N#CC1=C(SCC(=O)Nc2ccc(Oc3ccccc3)cc2)NC(=O)CC1c1ccc(F)cc1. The molecule has 1 heterocycles. The van der Waals surface area contributed by atoms with Crippen LogP contribution in [0.3, 0.4) is 0 Å². The van der Waals surface area contributed by atoms with Crippen LogP contribution in [0.5, 0.6) is 11.5 Å². The van der Waals surface area contributed by atoms with Gasteiger partial charge < -0.3 is 15.4 Å². The minimum absolute atomic E-state index is 0.000796. The van der Waals surface area contributed by atoms with E-state index in [9.17, 15) is 19.2 Å². The number of para-hydroxylation sites is 1. The van der Waals surface area contributed by atoms with E-state index in [1.807, 2.05) is 30.3 Å². The summed E-state index contributed by atoms with van der Waals surface area (Å²) in [5.41, 5.74) is 1.62. The number of halogens is 1. The standard InChI is InChI=1S/C26H20FN3O3S/c27-18-8-6-17(7-9-18)22-14-24(31)30-26(23(22)15-28)34-16-25(32)29-19-10-12-21(13-11-19)33-20-4-2-1-3-5-20/h1-13,22H,14,16H2,(H,29,32)(H,30,31). The minimum Gasteiger partial charge on any atom is -0.457 e. The first-order valence-electron chi connectivity index (χ1n) is 10.5. The van der Waals surface area contributed by atoms with Crippen LogP contribution in [-0.2, 0) is 9.59 Å². The molecule has 0 aliphatic carbocycles. The Labute approximate surface area is 200 Å². The highest BCUT2D eigenvalue weighted by molar-refractivity contribution is 8.03. The van der Waals surface area contributed by atoms with E-state index in [0.29, 0.717) is 33.4 Å². The molecule has 2 N–H and O–H groups in total. The zero-order valence-electron chi connectivity index (χ0n) is 18.0. The number of thioether (sulfide) groups is 1. The van der Waals surface area contributed by atoms with Gasteiger partial charge in [0.25, 0.3) is 0 Å². The maximum Gasteiger partial charge on any atom is 0.234 e. The van der Waals surface area contributed by atoms with Crippen molar-refractivity contribution in [3.63, 3.8) is 0 Å². The average molecular weight is 474 g/mol. The van der Waals surface area contributed by atoms with Gasteiger partial charge >= 0.3 is 0 Å². The first-order chi connectivity index (χ1) is 16.5. The van der Waals surface area contributed by atoms with Crippen LogP contribution in [0.15, 0.2) is 89.5 Å². The monoisotopic (exact) mass is 473 g/mol. The number of carbonyl (C=O) groups is 2. The number of ether oxygens (including phenoxy) is 1. The first-order valence-corrected chi connectivity index (χ1v) is 11.5. The summed E-state index contributed by atoms with van der Waals surface area (Å²) in [7, 11) is 0. The van der Waals surface area contributed by atoms with Crippen molar-refractivity contribution in [1.82, 2.24) is 5.32 Å². The number of anilines is 1. The number of nitriles is 1. The van der Waals surface area contributed by atoms with Gasteiger partial charge in [0.05, 0.1) is 22.4 Å². The maximum atomic E-state index is 13.3. The number of allylic oxidation sites excluding steroid dienone is 1. The molecule has 0 spiro atoms. The molecule has 6 nitrogen and oxygen atoms in total. The highest BCUT2D eigenvalue weighted by Crippen LogP contribution is 2.36. The topological polar surface area (TPSA) is 91.2 Å². The first kappa shape index (κ1) is 23.1. The molecular weight excluding hydrogens is 453 g/mol. The second kappa shape index (κ2) is 10.7. The van der Waals surface area contributed by atoms with E-state index < -0.39 is 11.7 Å². The Bertz CT molecular complexity index is 1250. The van der Waals surface area contributed by atoms with Gasteiger partial charge in [0.2, 0.25) is 11.8 Å². The number of nitrogens with zero attached hydrogens (tertiary/aromatic N) is 1. The number of carbonyl (C=O) groups excluding carboxylic acids is 2. The molecule has 3 aromatic carbocycles. The molecule has 8 heteroatoms. The minimum atomic E-state index is -0.484. The van der Waals surface area contributed by atoms with Gasteiger partial charge in [-0.3, -0.25) is 9.59 Å². The highest BCUT2D eigenvalue weighted by Gasteiger charge is 2.29. The summed E-state index contributed by atoms with van der Waals surface area (Å²) >= 11 is 1.08. The highest BCUT2D eigenvalue weighted by atomic mass is 32.2. The summed E-state index contributed by atoms with van der Waals surface area (Å²) in [6.07, 6.45) is 0.0855. The van der Waals surface area contributed by atoms with Gasteiger partial charge in [0.1, 0.15) is 17.3 Å². The van der Waals surface area contributed by atoms with Gasteiger partial charge in [-0.1, -0.05) is 42.1 Å². The van der Waals surface area contributed by atoms with E-state index in [0.717, 1.165) is 11.8 Å². The Morgan fingerprint density at radius 1 is 1.06 bits per heavy atom. The summed E-state index contributed by atoms with van der Waals surface area (Å²) in [4.78, 5) is 24.7. The summed E-state index contributed by atoms with van der Waals surface area (Å²) in [5, 5.41) is 15.5. The van der Waals surface area contributed by atoms with E-state index in [4.69, 9.17) is 4.74 Å². The molecule has 1 unspecified atom stereocenters. The molecule has 0 saturated heterocycles. The molecule has 1 atom stereocenters. The van der Waals surface area contributed by atoms with Crippen molar-refractivity contribution in [3.8, 4) is 17.6 Å². The lowest BCUT2D eigenvalue weighted by Crippen LogP contribution is -2.31. The zero-order chi connectivity index (χ0) is 23.9. The Hall–Kier alpha value is -4.09. The van der Waals surface area contributed by atoms with Crippen molar-refractivity contribution in [2.24, 2.45) is 0 Å². The fourth-order valence-electron chi connectivity index (χ4n) is 3.48. The van der Waals surface area contributed by atoms with Crippen LogP contribution < -0.4 is 15.4 Å². The third-order valence-electron chi connectivity index (χ3n) is 5.09. The van der Waals surface area contributed by atoms with Gasteiger partial charge in [0.15, 0.2) is 0 Å². The van der Waals surface area contributed by atoms with Crippen LogP contribution in [0.25, 0.3) is 0 Å². The lowest BCUT2D eigenvalue weighted by atomic mass is 9.87. The number of benzene rings is 3. The molecule has 4 rings (SSSR count). The molecule has 34 heavy (non-hydrogen) atoms. The number of rotatable bonds is 7. The second-order valence-electron chi connectivity index (χ2n) is 7.49. The van der Waals surface area contributed by atoms with E-state index in [1.54, 1.807) is 36.4 Å². The molecule has 0 fully saturated rings. The fourth-order valence-corrected chi connectivity index (χ4v) is 4.36. The molecule has 1 aliphatic heterocycles. The van der Waals surface area contributed by atoms with Crippen LogP contribution >= 0.6 is 11.8 Å². The Kier molecular flexibility index (Phi) is 7.25. The van der Waals surface area contributed by atoms with Crippen LogP contribution in [0.2, 0.25) is 0 Å². The predicted molar refractivity (Wildman–Crippen MR) is 129 cm³/mol. The van der Waals surface area contributed by atoms with Crippen molar-refractivity contribution >= 4 is 29.3 Å². The molecule has 1 aliphatic rings. The largest absolute Gasteiger partial charge is 0.457 e. The second-order valence-corrected chi connectivity index (χ2v) is 8.47. The molecule has 0 bridgehead atoms. The lowest BCUT2D eigenvalue weighted by molar-refractivity contribution is -0.121. The lowest BCUT2D eigenvalue weighted by Gasteiger charge is -2.25. The fraction of sp³-hybridized carbons (Fsp3) is 0.115. The van der Waals surface area contributed by atoms with E-state index in [1.165, 1.54) is 12.1 Å². The molecule has 2 amide bonds. The van der Waals surface area contributed by atoms with Crippen molar-refractivity contribution in [3.05, 3.63) is 101 Å². The van der Waals surface area contributed by atoms with Crippen LogP contribution in [0.4, 0.5) is 10.1 Å². The number of amides is 2. The summed E-state index contributed by atoms with van der Waals surface area (Å²) in [5.74, 6) is -0.0709. The number of nitrogens with one attached hydrogen (secondary N) is 2. The molecule has 0 aromatic heterocycles. The molecule has 170 valence electrons. The van der Waals surface area contributed by atoms with Crippen LogP contribution in [0.1, 0.15) is 17.9 Å². The predicted octanol–water partition coefficient (Wildman–Crippen LogP) is 5.33. The van der Waals surface area contributed by atoms with Gasteiger partial charge in [-0.05, 0) is 54.1 Å². The molecule has 3 aromatic rings. The van der Waals surface area contributed by atoms with Gasteiger partial charge in [0, 0.05) is 18.0 Å². The van der Waals surface area contributed by atoms with Crippen molar-refractivity contribution in [1.29, 1.82) is 5.26 Å². The number of hydrogen-bond donors (Lipinski definition) is 2. The molecule has 0 saturated carbocycles. The summed E-state index contributed by atoms with van der Waals surface area (Å²) < 4.78 is 19.0. The zero-order valence-corrected chi connectivity index (χ0v) is 18.8. The Morgan fingerprint density at radius 3 is 2.41 bits per heavy atom.